The molecule has 4 heterocycles. The third-order valence-electron chi connectivity index (χ3n) is 7.41. The average Bonchev–Trinajstić information content (AvgIpc) is 3.44. The lowest BCUT2D eigenvalue weighted by molar-refractivity contribution is -0.122. The molecule has 0 aliphatic carbocycles. The van der Waals surface area contributed by atoms with Gasteiger partial charge in [-0.05, 0) is 71.9 Å². The Kier molecular flexibility index (Phi) is 6.27. The minimum Gasteiger partial charge on any atom is -0.441 e. The number of benzene rings is 1. The molecule has 1 aromatic carbocycles. The van der Waals surface area contributed by atoms with E-state index < -0.39 is 0 Å². The van der Waals surface area contributed by atoms with Gasteiger partial charge in [0.15, 0.2) is 11.5 Å². The summed E-state index contributed by atoms with van der Waals surface area (Å²) in [6.07, 6.45) is 13.2. The van der Waals surface area contributed by atoms with Crippen molar-refractivity contribution in [1.29, 1.82) is 0 Å². The smallest absolute Gasteiger partial charge is 0.255 e. The first kappa shape index (κ1) is 24.4. The van der Waals surface area contributed by atoms with Crippen LogP contribution in [0.3, 0.4) is 0 Å². The van der Waals surface area contributed by atoms with Crippen molar-refractivity contribution in [1.82, 2.24) is 14.8 Å². The van der Waals surface area contributed by atoms with Gasteiger partial charge in [-0.1, -0.05) is 52.0 Å². The predicted molar refractivity (Wildman–Crippen MR) is 146 cm³/mol. The fourth-order valence-corrected chi connectivity index (χ4v) is 5.56. The fourth-order valence-electron chi connectivity index (χ4n) is 5.56. The molecule has 2 atom stereocenters. The highest BCUT2D eigenvalue weighted by atomic mass is 16.3. The van der Waals surface area contributed by atoms with Gasteiger partial charge >= 0.3 is 0 Å². The Bertz CT molecular complexity index is 1330. The normalized spacial score (nSPS) is 22.7. The molecule has 0 spiro atoms. The molecule has 0 bridgehead atoms. The van der Waals surface area contributed by atoms with E-state index in [1.807, 2.05) is 31.3 Å². The quantitative estimate of drug-likeness (QED) is 0.440. The summed E-state index contributed by atoms with van der Waals surface area (Å²) in [5.41, 5.74) is 7.25. The Labute approximate surface area is 214 Å². The Morgan fingerprint density at radius 3 is 2.78 bits per heavy atom. The number of aromatic nitrogens is 1. The summed E-state index contributed by atoms with van der Waals surface area (Å²) in [7, 11) is 0. The van der Waals surface area contributed by atoms with Crippen molar-refractivity contribution in [2.45, 2.75) is 53.9 Å². The van der Waals surface area contributed by atoms with Crippen molar-refractivity contribution in [3.63, 3.8) is 0 Å². The van der Waals surface area contributed by atoms with Gasteiger partial charge < -0.3 is 9.32 Å². The fraction of sp³-hybridized carbons (Fsp3) is 0.419. The first-order chi connectivity index (χ1) is 17.1. The summed E-state index contributed by atoms with van der Waals surface area (Å²) in [5, 5.41) is 0. The molecule has 2 aromatic rings. The van der Waals surface area contributed by atoms with Crippen molar-refractivity contribution >= 4 is 22.6 Å². The van der Waals surface area contributed by atoms with E-state index in [1.165, 1.54) is 5.57 Å². The zero-order valence-electron chi connectivity index (χ0n) is 22.2. The number of likely N-dealkylation sites (tertiary alicyclic amines) is 1. The van der Waals surface area contributed by atoms with Gasteiger partial charge in [-0.15, -0.1) is 0 Å². The van der Waals surface area contributed by atoms with E-state index in [-0.39, 0.29) is 17.2 Å². The summed E-state index contributed by atoms with van der Waals surface area (Å²) in [5.74, 6) is 1.33. The molecular formula is C31H37N3O2. The number of carbonyl (C=O) groups excluding carboxylic acids is 1. The molecule has 3 aliphatic heterocycles. The Balaban J connectivity index is 1.38. The van der Waals surface area contributed by atoms with Crippen LogP contribution in [0.2, 0.25) is 0 Å². The van der Waals surface area contributed by atoms with Gasteiger partial charge in [0, 0.05) is 38.0 Å². The van der Waals surface area contributed by atoms with Crippen molar-refractivity contribution in [2.75, 3.05) is 13.1 Å². The van der Waals surface area contributed by atoms with E-state index in [0.29, 0.717) is 11.8 Å². The molecule has 36 heavy (non-hydrogen) atoms. The van der Waals surface area contributed by atoms with Crippen LogP contribution in [0.5, 0.6) is 0 Å². The first-order valence-electron chi connectivity index (χ1n) is 13.0. The highest BCUT2D eigenvalue weighted by Gasteiger charge is 2.30. The molecule has 0 radical (unpaired) electrons. The lowest BCUT2D eigenvalue weighted by Crippen LogP contribution is -2.30. The second-order valence-corrected chi connectivity index (χ2v) is 11.7. The number of allylic oxidation sites excluding steroid dienone is 4. The van der Waals surface area contributed by atoms with Crippen LogP contribution in [0.25, 0.3) is 16.7 Å². The number of hydrogen-bond donors (Lipinski definition) is 0. The van der Waals surface area contributed by atoms with Crippen LogP contribution in [-0.2, 0) is 4.79 Å². The van der Waals surface area contributed by atoms with Gasteiger partial charge in [-0.2, -0.15) is 0 Å². The van der Waals surface area contributed by atoms with E-state index >= 15 is 0 Å². The van der Waals surface area contributed by atoms with Crippen LogP contribution in [0.4, 0.5) is 0 Å². The van der Waals surface area contributed by atoms with E-state index in [2.05, 4.69) is 62.4 Å². The molecule has 5 nitrogen and oxygen atoms in total. The summed E-state index contributed by atoms with van der Waals surface area (Å²) in [6.45, 7) is 17.2. The monoisotopic (exact) mass is 483 g/mol. The van der Waals surface area contributed by atoms with E-state index in [0.717, 1.165) is 66.0 Å². The average molecular weight is 484 g/mol. The summed E-state index contributed by atoms with van der Waals surface area (Å²) < 4.78 is 5.75. The molecule has 188 valence electrons. The molecular weight excluding hydrogens is 446 g/mol. The molecule has 5 rings (SSSR count). The van der Waals surface area contributed by atoms with Crippen LogP contribution in [0.1, 0.15) is 58.4 Å². The van der Waals surface area contributed by atoms with Crippen LogP contribution in [0.15, 0.2) is 76.7 Å². The number of aryl methyl sites for hydroxylation is 1. The Morgan fingerprint density at radius 2 is 2.00 bits per heavy atom. The molecule has 0 N–H and O–H groups in total. The molecule has 0 saturated carbocycles. The number of fused-ring (bicyclic) bond motifs is 2. The van der Waals surface area contributed by atoms with E-state index in [9.17, 15) is 4.79 Å². The Morgan fingerprint density at radius 1 is 1.22 bits per heavy atom. The highest BCUT2D eigenvalue weighted by molar-refractivity contribution is 5.98. The van der Waals surface area contributed by atoms with Crippen molar-refractivity contribution in [3.8, 4) is 0 Å². The molecule has 2 unspecified atom stereocenters. The third kappa shape index (κ3) is 4.97. The maximum Gasteiger partial charge on any atom is 0.255 e. The Hall–Kier alpha value is -3.34. The molecule has 1 amide bonds. The van der Waals surface area contributed by atoms with Crippen LogP contribution in [-0.4, -0.2) is 33.8 Å². The van der Waals surface area contributed by atoms with Crippen LogP contribution >= 0.6 is 0 Å². The summed E-state index contributed by atoms with van der Waals surface area (Å²) in [4.78, 5) is 22.1. The zero-order chi connectivity index (χ0) is 25.6. The molecule has 1 aromatic heterocycles. The number of oxazole rings is 1. The van der Waals surface area contributed by atoms with Crippen molar-refractivity contribution in [2.24, 2.45) is 17.3 Å². The first-order valence-corrected chi connectivity index (χ1v) is 13.0. The number of hydrogen-bond acceptors (Lipinski definition) is 4. The van der Waals surface area contributed by atoms with Gasteiger partial charge in [0.2, 0.25) is 0 Å². The summed E-state index contributed by atoms with van der Waals surface area (Å²) >= 11 is 0. The largest absolute Gasteiger partial charge is 0.441 e. The topological polar surface area (TPSA) is 49.6 Å². The number of carbonyl (C=O) groups is 1. The number of rotatable bonds is 4. The van der Waals surface area contributed by atoms with Crippen molar-refractivity contribution < 1.29 is 9.21 Å². The van der Waals surface area contributed by atoms with Gasteiger partial charge in [-0.25, -0.2) is 4.98 Å². The molecule has 1 fully saturated rings. The predicted octanol–water partition coefficient (Wildman–Crippen LogP) is 7.00. The van der Waals surface area contributed by atoms with E-state index in [1.54, 1.807) is 11.0 Å². The third-order valence-corrected chi connectivity index (χ3v) is 7.41. The van der Waals surface area contributed by atoms with Gasteiger partial charge in [0.05, 0.1) is 5.70 Å². The lowest BCUT2D eigenvalue weighted by Gasteiger charge is -2.30. The zero-order valence-corrected chi connectivity index (χ0v) is 22.2. The standard InChI is InChI=1S/C31H37N3O2/c1-20-7-9-25-10-11-26(33-14-13-24(18-33)21(2)17-31(4,5)6)19-34(25)30(35)16-27(20)23-8-12-28-29(15-23)36-22(3)32-28/h8-12,15-16,19-20,24H,2,7,13-14,17-18H2,1,3-6H3. The second-order valence-electron chi connectivity index (χ2n) is 11.7. The van der Waals surface area contributed by atoms with Crippen LogP contribution < -0.4 is 0 Å². The van der Waals surface area contributed by atoms with Crippen LogP contribution in [0, 0.1) is 24.2 Å². The van der Waals surface area contributed by atoms with Gasteiger partial charge in [0.1, 0.15) is 5.52 Å². The maximum atomic E-state index is 13.5. The molecule has 5 heteroatoms. The second kappa shape index (κ2) is 9.27. The number of nitrogens with zero attached hydrogens (tertiary/aromatic N) is 3. The minimum atomic E-state index is -0.0219. The van der Waals surface area contributed by atoms with E-state index in [4.69, 9.17) is 4.42 Å². The minimum absolute atomic E-state index is 0.0219. The SMILES string of the molecule is C=C(CC(C)(C)C)C1CCN(C2=CN3C(=O)C=C(c4ccc5nc(C)oc5c4)C(C)CC=C3C=C2)C1. The molecule has 3 aliphatic rings. The molecule has 1 saturated heterocycles. The maximum absolute atomic E-state index is 13.5. The summed E-state index contributed by atoms with van der Waals surface area (Å²) in [6, 6.07) is 6.01. The van der Waals surface area contributed by atoms with Crippen molar-refractivity contribution in [3.05, 3.63) is 83.7 Å². The van der Waals surface area contributed by atoms with Gasteiger partial charge in [-0.3, -0.25) is 9.69 Å². The number of amides is 1. The van der Waals surface area contributed by atoms with Gasteiger partial charge in [0.25, 0.3) is 5.91 Å². The highest BCUT2D eigenvalue weighted by Crippen LogP contribution is 2.36. The lowest BCUT2D eigenvalue weighted by atomic mass is 9.83.